The van der Waals surface area contributed by atoms with Crippen LogP contribution in [0.25, 0.3) is 0 Å². The number of esters is 1. The van der Waals surface area contributed by atoms with Crippen LogP contribution < -0.4 is 4.90 Å². The Bertz CT molecular complexity index is 595. The number of anilines is 1. The van der Waals surface area contributed by atoms with E-state index in [0.717, 1.165) is 69.1 Å². The van der Waals surface area contributed by atoms with E-state index in [2.05, 4.69) is 29.7 Å². The molecular weight excluding hydrogens is 336 g/mol. The lowest BCUT2D eigenvalue weighted by Gasteiger charge is -2.36. The van der Waals surface area contributed by atoms with Crippen LogP contribution in [0, 0.1) is 5.41 Å². The second-order valence-electron chi connectivity index (χ2n) is 7.29. The van der Waals surface area contributed by atoms with Gasteiger partial charge in [0.05, 0.1) is 16.1 Å². The van der Waals surface area contributed by atoms with E-state index < -0.39 is 0 Å². The lowest BCUT2D eigenvalue weighted by molar-refractivity contribution is -0.149. The first-order valence-electron chi connectivity index (χ1n) is 9.51. The van der Waals surface area contributed by atoms with Crippen molar-refractivity contribution >= 4 is 23.3 Å². The summed E-state index contributed by atoms with van der Waals surface area (Å²) >= 11 is 6.31. The van der Waals surface area contributed by atoms with Crippen molar-refractivity contribution < 1.29 is 9.53 Å². The Hall–Kier alpha value is -1.26. The fourth-order valence-electron chi connectivity index (χ4n) is 4.07. The van der Waals surface area contributed by atoms with Gasteiger partial charge in [0.25, 0.3) is 0 Å². The van der Waals surface area contributed by atoms with E-state index in [-0.39, 0.29) is 17.5 Å². The Balaban J connectivity index is 1.46. The summed E-state index contributed by atoms with van der Waals surface area (Å²) in [5, 5.41) is 0.823. The smallest absolute Gasteiger partial charge is 0.312 e. The molecule has 2 aliphatic heterocycles. The Morgan fingerprint density at radius 3 is 2.44 bits per heavy atom. The molecule has 138 valence electrons. The van der Waals surface area contributed by atoms with Gasteiger partial charge in [-0.05, 0) is 31.4 Å². The zero-order chi connectivity index (χ0) is 17.9. The minimum atomic E-state index is -0.229. The third-order valence-corrected chi connectivity index (χ3v) is 6.33. The molecule has 1 aromatic carbocycles. The van der Waals surface area contributed by atoms with E-state index in [9.17, 15) is 4.79 Å². The second kappa shape index (κ2) is 7.96. The van der Waals surface area contributed by atoms with Gasteiger partial charge in [0.1, 0.15) is 6.10 Å². The molecule has 2 saturated heterocycles. The van der Waals surface area contributed by atoms with Crippen LogP contribution in [-0.4, -0.2) is 49.7 Å². The Morgan fingerprint density at radius 1 is 1.16 bits per heavy atom. The number of halogens is 1. The van der Waals surface area contributed by atoms with Crippen LogP contribution in [-0.2, 0) is 9.53 Å². The van der Waals surface area contributed by atoms with Crippen LogP contribution in [0.2, 0.25) is 5.02 Å². The van der Waals surface area contributed by atoms with E-state index in [4.69, 9.17) is 16.3 Å². The van der Waals surface area contributed by atoms with Gasteiger partial charge < -0.3 is 9.64 Å². The van der Waals surface area contributed by atoms with Gasteiger partial charge in [0.2, 0.25) is 0 Å². The average molecular weight is 365 g/mol. The number of hydrogen-bond donors (Lipinski definition) is 0. The molecule has 4 nitrogen and oxygen atoms in total. The van der Waals surface area contributed by atoms with Gasteiger partial charge in [-0.1, -0.05) is 37.6 Å². The van der Waals surface area contributed by atoms with Crippen molar-refractivity contribution in [3.63, 3.8) is 0 Å². The highest BCUT2D eigenvalue weighted by molar-refractivity contribution is 6.33. The molecule has 0 N–H and O–H groups in total. The predicted octanol–water partition coefficient (Wildman–Crippen LogP) is 3.97. The summed E-state index contributed by atoms with van der Waals surface area (Å²) in [4.78, 5) is 17.0. The number of rotatable bonds is 6. The number of hydrogen-bond acceptors (Lipinski definition) is 4. The normalized spacial score (nSPS) is 23.7. The quantitative estimate of drug-likeness (QED) is 0.715. The number of nitrogens with zero attached hydrogens (tertiary/aromatic N) is 2. The van der Waals surface area contributed by atoms with Crippen LogP contribution in [0.15, 0.2) is 24.3 Å². The molecule has 5 heteroatoms. The first-order valence-corrected chi connectivity index (χ1v) is 9.88. The van der Waals surface area contributed by atoms with Crippen molar-refractivity contribution in [1.82, 2.24) is 4.90 Å². The maximum atomic E-state index is 12.2. The Kier molecular flexibility index (Phi) is 5.90. The molecule has 0 amide bonds. The van der Waals surface area contributed by atoms with E-state index in [1.807, 2.05) is 18.2 Å². The molecule has 0 saturated carbocycles. The van der Waals surface area contributed by atoms with Crippen molar-refractivity contribution in [2.24, 2.45) is 5.41 Å². The number of ether oxygens (including phenoxy) is 1. The largest absolute Gasteiger partial charge is 0.462 e. The predicted molar refractivity (Wildman–Crippen MR) is 102 cm³/mol. The molecule has 0 aliphatic carbocycles. The zero-order valence-electron chi connectivity index (χ0n) is 15.3. The number of para-hydroxylation sites is 1. The van der Waals surface area contributed by atoms with E-state index >= 15 is 0 Å². The lowest BCUT2D eigenvalue weighted by atomic mass is 9.79. The molecule has 2 heterocycles. The van der Waals surface area contributed by atoms with Gasteiger partial charge in [-0.25, -0.2) is 0 Å². The minimum absolute atomic E-state index is 0.0195. The molecule has 2 fully saturated rings. The fourth-order valence-corrected chi connectivity index (χ4v) is 4.33. The summed E-state index contributed by atoms with van der Waals surface area (Å²) in [5.74, 6) is 0.0195. The first kappa shape index (κ1) is 18.5. The van der Waals surface area contributed by atoms with Crippen molar-refractivity contribution in [2.45, 2.75) is 45.6 Å². The van der Waals surface area contributed by atoms with E-state index in [1.54, 1.807) is 0 Å². The zero-order valence-corrected chi connectivity index (χ0v) is 16.1. The van der Waals surface area contributed by atoms with Gasteiger partial charge in [-0.3, -0.25) is 9.69 Å². The molecule has 0 bridgehead atoms. The molecule has 1 atom stereocenters. The minimum Gasteiger partial charge on any atom is -0.462 e. The molecule has 0 aromatic heterocycles. The van der Waals surface area contributed by atoms with Crippen LogP contribution in [0.3, 0.4) is 0 Å². The number of piperazine rings is 1. The highest BCUT2D eigenvalue weighted by Gasteiger charge is 2.46. The maximum absolute atomic E-state index is 12.2. The molecule has 3 rings (SSSR count). The highest BCUT2D eigenvalue weighted by Crippen LogP contribution is 2.41. The van der Waals surface area contributed by atoms with Crippen LogP contribution in [0.1, 0.15) is 39.5 Å². The second-order valence-corrected chi connectivity index (χ2v) is 7.69. The standard InChI is InChI=1S/C20H29ClN2O2/c1-3-20(4-2)15-16(25-19(20)24)9-10-22-11-13-23(14-12-22)18-8-6-5-7-17(18)21/h5-8,16H,3-4,9-15H2,1-2H3. The molecule has 0 spiro atoms. The van der Waals surface area contributed by atoms with Crippen LogP contribution >= 0.6 is 11.6 Å². The van der Waals surface area contributed by atoms with Crippen molar-refractivity contribution in [3.8, 4) is 0 Å². The number of cyclic esters (lactones) is 1. The maximum Gasteiger partial charge on any atom is 0.312 e. The fraction of sp³-hybridized carbons (Fsp3) is 0.650. The van der Waals surface area contributed by atoms with Crippen LogP contribution in [0.5, 0.6) is 0 Å². The van der Waals surface area contributed by atoms with Crippen LogP contribution in [0.4, 0.5) is 5.69 Å². The highest BCUT2D eigenvalue weighted by atomic mass is 35.5. The molecule has 1 unspecified atom stereocenters. The topological polar surface area (TPSA) is 32.8 Å². The number of carbonyl (C=O) groups excluding carboxylic acids is 1. The SMILES string of the molecule is CCC1(CC)CC(CCN2CCN(c3ccccc3Cl)CC2)OC1=O. The molecule has 1 aromatic rings. The monoisotopic (exact) mass is 364 g/mol. The average Bonchev–Trinajstić information content (AvgIpc) is 2.97. The summed E-state index contributed by atoms with van der Waals surface area (Å²) in [6, 6.07) is 8.05. The molecule has 25 heavy (non-hydrogen) atoms. The summed E-state index contributed by atoms with van der Waals surface area (Å²) in [5.41, 5.74) is 0.900. The Morgan fingerprint density at radius 2 is 1.84 bits per heavy atom. The van der Waals surface area contributed by atoms with E-state index in [1.165, 1.54) is 0 Å². The third kappa shape index (κ3) is 3.95. The Labute approximate surface area is 156 Å². The summed E-state index contributed by atoms with van der Waals surface area (Å²) < 4.78 is 5.66. The van der Waals surface area contributed by atoms with Gasteiger partial charge in [0.15, 0.2) is 0 Å². The van der Waals surface area contributed by atoms with Gasteiger partial charge in [-0.15, -0.1) is 0 Å². The first-order chi connectivity index (χ1) is 12.1. The van der Waals surface area contributed by atoms with Gasteiger partial charge in [-0.2, -0.15) is 0 Å². The molecule has 2 aliphatic rings. The molecule has 0 radical (unpaired) electrons. The lowest BCUT2D eigenvalue weighted by Crippen LogP contribution is -2.47. The summed E-state index contributed by atoms with van der Waals surface area (Å²) in [7, 11) is 0. The van der Waals surface area contributed by atoms with Gasteiger partial charge in [0, 0.05) is 39.1 Å². The van der Waals surface area contributed by atoms with E-state index in [0.29, 0.717) is 0 Å². The number of carbonyl (C=O) groups is 1. The van der Waals surface area contributed by atoms with Gasteiger partial charge >= 0.3 is 5.97 Å². The molecular formula is C20H29ClN2O2. The van der Waals surface area contributed by atoms with Crippen molar-refractivity contribution in [3.05, 3.63) is 29.3 Å². The summed E-state index contributed by atoms with van der Waals surface area (Å²) in [6.07, 6.45) is 3.69. The van der Waals surface area contributed by atoms with Crippen molar-refractivity contribution in [1.29, 1.82) is 0 Å². The number of benzene rings is 1. The summed E-state index contributed by atoms with van der Waals surface area (Å²) in [6.45, 7) is 9.22. The third-order valence-electron chi connectivity index (χ3n) is 6.01. The van der Waals surface area contributed by atoms with Crippen molar-refractivity contribution in [2.75, 3.05) is 37.6 Å².